The van der Waals surface area contributed by atoms with Crippen molar-refractivity contribution in [1.29, 1.82) is 0 Å². The van der Waals surface area contributed by atoms with Crippen molar-refractivity contribution in [3.63, 3.8) is 0 Å². The van der Waals surface area contributed by atoms with Crippen LogP contribution >= 0.6 is 0 Å². The highest BCUT2D eigenvalue weighted by atomic mass is 19.1. The maximum absolute atomic E-state index is 13.6. The highest BCUT2D eigenvalue weighted by Gasteiger charge is 2.10. The second-order valence-corrected chi connectivity index (χ2v) is 4.42. The molecule has 0 amide bonds. The van der Waals surface area contributed by atoms with Crippen LogP contribution in [-0.2, 0) is 6.42 Å². The third kappa shape index (κ3) is 3.33. The number of hydrogen-bond acceptors (Lipinski definition) is 0. The summed E-state index contributed by atoms with van der Waals surface area (Å²) < 4.78 is 13.6. The molecular formula is C14H21F. The molecular weight excluding hydrogens is 187 g/mol. The van der Waals surface area contributed by atoms with Crippen LogP contribution in [0.5, 0.6) is 0 Å². The summed E-state index contributed by atoms with van der Waals surface area (Å²) in [5.41, 5.74) is 2.10. The van der Waals surface area contributed by atoms with E-state index in [9.17, 15) is 4.39 Å². The Balaban J connectivity index is 2.82. The standard InChI is InChI=1S/C14H21F/c1-4-5-6-8-13-12(11(2)3)9-7-10-14(13)15/h7,9-11H,4-6,8H2,1-3H3. The van der Waals surface area contributed by atoms with Gasteiger partial charge in [0.05, 0.1) is 0 Å². The molecule has 0 aliphatic rings. The maximum atomic E-state index is 13.6. The molecule has 0 heterocycles. The van der Waals surface area contributed by atoms with E-state index in [2.05, 4.69) is 26.8 Å². The highest BCUT2D eigenvalue weighted by molar-refractivity contribution is 5.31. The minimum atomic E-state index is -0.0303. The van der Waals surface area contributed by atoms with Crippen LogP contribution in [0.15, 0.2) is 18.2 Å². The van der Waals surface area contributed by atoms with E-state index in [1.165, 1.54) is 18.4 Å². The Hall–Kier alpha value is -0.850. The van der Waals surface area contributed by atoms with Crippen LogP contribution in [0.25, 0.3) is 0 Å². The van der Waals surface area contributed by atoms with Crippen LogP contribution in [0.4, 0.5) is 4.39 Å². The second kappa shape index (κ2) is 5.89. The second-order valence-electron chi connectivity index (χ2n) is 4.42. The molecule has 84 valence electrons. The van der Waals surface area contributed by atoms with Gasteiger partial charge in [0.15, 0.2) is 0 Å². The van der Waals surface area contributed by atoms with Gasteiger partial charge in [0, 0.05) is 0 Å². The number of benzene rings is 1. The van der Waals surface area contributed by atoms with Gasteiger partial charge in [-0.2, -0.15) is 0 Å². The zero-order valence-corrected chi connectivity index (χ0v) is 10.0. The summed E-state index contributed by atoms with van der Waals surface area (Å²) in [6.07, 6.45) is 4.35. The topological polar surface area (TPSA) is 0 Å². The fourth-order valence-electron chi connectivity index (χ4n) is 1.93. The van der Waals surface area contributed by atoms with Crippen molar-refractivity contribution >= 4 is 0 Å². The molecule has 0 unspecified atom stereocenters. The van der Waals surface area contributed by atoms with Crippen molar-refractivity contribution in [2.24, 2.45) is 0 Å². The van der Waals surface area contributed by atoms with E-state index in [0.717, 1.165) is 18.4 Å². The van der Waals surface area contributed by atoms with Gasteiger partial charge in [0.25, 0.3) is 0 Å². The molecule has 0 N–H and O–H groups in total. The molecule has 0 spiro atoms. The van der Waals surface area contributed by atoms with Gasteiger partial charge < -0.3 is 0 Å². The smallest absolute Gasteiger partial charge is 0.126 e. The average molecular weight is 208 g/mol. The van der Waals surface area contributed by atoms with E-state index < -0.39 is 0 Å². The van der Waals surface area contributed by atoms with Gasteiger partial charge in [-0.15, -0.1) is 0 Å². The Kier molecular flexibility index (Phi) is 4.80. The summed E-state index contributed by atoms with van der Waals surface area (Å²) in [6.45, 7) is 6.42. The van der Waals surface area contributed by atoms with E-state index in [-0.39, 0.29) is 5.82 Å². The molecule has 0 nitrogen and oxygen atoms in total. The Bertz CT molecular complexity index is 302. The summed E-state index contributed by atoms with van der Waals surface area (Å²) in [6, 6.07) is 5.44. The molecule has 0 saturated carbocycles. The minimum absolute atomic E-state index is 0.0303. The molecule has 0 aliphatic heterocycles. The van der Waals surface area contributed by atoms with Crippen molar-refractivity contribution in [2.75, 3.05) is 0 Å². The molecule has 15 heavy (non-hydrogen) atoms. The van der Waals surface area contributed by atoms with Gasteiger partial charge in [-0.3, -0.25) is 0 Å². The quantitative estimate of drug-likeness (QED) is 0.616. The van der Waals surface area contributed by atoms with Crippen molar-refractivity contribution in [2.45, 2.75) is 52.4 Å². The highest BCUT2D eigenvalue weighted by Crippen LogP contribution is 2.23. The van der Waals surface area contributed by atoms with Crippen LogP contribution in [0.3, 0.4) is 0 Å². The van der Waals surface area contributed by atoms with Crippen LogP contribution in [-0.4, -0.2) is 0 Å². The molecule has 1 aromatic carbocycles. The Labute approximate surface area is 92.5 Å². The summed E-state index contributed by atoms with van der Waals surface area (Å²) in [5.74, 6) is 0.384. The van der Waals surface area contributed by atoms with Gasteiger partial charge in [-0.1, -0.05) is 45.7 Å². The van der Waals surface area contributed by atoms with Gasteiger partial charge in [-0.25, -0.2) is 4.39 Å². The van der Waals surface area contributed by atoms with Crippen molar-refractivity contribution in [3.05, 3.63) is 35.1 Å². The van der Waals surface area contributed by atoms with Crippen molar-refractivity contribution in [3.8, 4) is 0 Å². The Morgan fingerprint density at radius 1 is 1.20 bits per heavy atom. The third-order valence-corrected chi connectivity index (χ3v) is 2.81. The fourth-order valence-corrected chi connectivity index (χ4v) is 1.93. The zero-order valence-electron chi connectivity index (χ0n) is 10.0. The molecule has 0 radical (unpaired) electrons. The molecule has 0 fully saturated rings. The Morgan fingerprint density at radius 2 is 1.93 bits per heavy atom. The predicted molar refractivity (Wildman–Crippen MR) is 63.7 cm³/mol. The van der Waals surface area contributed by atoms with E-state index in [1.807, 2.05) is 6.07 Å². The van der Waals surface area contributed by atoms with E-state index in [1.54, 1.807) is 6.07 Å². The van der Waals surface area contributed by atoms with Gasteiger partial charge in [0.2, 0.25) is 0 Å². The maximum Gasteiger partial charge on any atom is 0.126 e. The number of hydrogen-bond donors (Lipinski definition) is 0. The van der Waals surface area contributed by atoms with Crippen LogP contribution in [0, 0.1) is 5.82 Å². The number of rotatable bonds is 5. The monoisotopic (exact) mass is 208 g/mol. The lowest BCUT2D eigenvalue weighted by molar-refractivity contribution is 0.591. The third-order valence-electron chi connectivity index (χ3n) is 2.81. The number of halogens is 1. The number of unbranched alkanes of at least 4 members (excludes halogenated alkanes) is 2. The largest absolute Gasteiger partial charge is 0.207 e. The summed E-state index contributed by atoms with van der Waals surface area (Å²) >= 11 is 0. The molecule has 0 aliphatic carbocycles. The van der Waals surface area contributed by atoms with Crippen LogP contribution in [0.1, 0.15) is 57.1 Å². The van der Waals surface area contributed by atoms with Gasteiger partial charge in [0.1, 0.15) is 5.82 Å². The van der Waals surface area contributed by atoms with Crippen molar-refractivity contribution in [1.82, 2.24) is 0 Å². The first-order chi connectivity index (χ1) is 7.16. The fraction of sp³-hybridized carbons (Fsp3) is 0.571. The Morgan fingerprint density at radius 3 is 2.53 bits per heavy atom. The van der Waals surface area contributed by atoms with E-state index in [4.69, 9.17) is 0 Å². The van der Waals surface area contributed by atoms with Crippen molar-refractivity contribution < 1.29 is 4.39 Å². The van der Waals surface area contributed by atoms with E-state index >= 15 is 0 Å². The van der Waals surface area contributed by atoms with Gasteiger partial charge >= 0.3 is 0 Å². The predicted octanol–water partition coefficient (Wildman–Crippen LogP) is 4.68. The molecule has 1 heteroatoms. The lowest BCUT2D eigenvalue weighted by atomic mass is 9.93. The molecule has 0 aromatic heterocycles. The first kappa shape index (κ1) is 12.2. The normalized spacial score (nSPS) is 11.0. The van der Waals surface area contributed by atoms with Crippen LogP contribution in [0.2, 0.25) is 0 Å². The van der Waals surface area contributed by atoms with Gasteiger partial charge in [-0.05, 0) is 36.0 Å². The molecule has 0 atom stereocenters. The SMILES string of the molecule is CCCCCc1c(F)cccc1C(C)C. The molecule has 1 aromatic rings. The zero-order chi connectivity index (χ0) is 11.3. The lowest BCUT2D eigenvalue weighted by Crippen LogP contribution is -2.00. The van der Waals surface area contributed by atoms with Crippen LogP contribution < -0.4 is 0 Å². The summed E-state index contributed by atoms with van der Waals surface area (Å²) in [7, 11) is 0. The first-order valence-electron chi connectivity index (χ1n) is 5.94. The average Bonchev–Trinajstić information content (AvgIpc) is 2.20. The minimum Gasteiger partial charge on any atom is -0.207 e. The lowest BCUT2D eigenvalue weighted by Gasteiger charge is -2.13. The molecule has 1 rings (SSSR count). The summed E-state index contributed by atoms with van der Waals surface area (Å²) in [4.78, 5) is 0. The first-order valence-corrected chi connectivity index (χ1v) is 5.94. The van der Waals surface area contributed by atoms with E-state index in [0.29, 0.717) is 5.92 Å². The summed E-state index contributed by atoms with van der Waals surface area (Å²) in [5, 5.41) is 0. The molecule has 0 saturated heterocycles. The molecule has 0 bridgehead atoms.